The number of methoxy groups -OCH3 is 1. The van der Waals surface area contributed by atoms with Gasteiger partial charge in [0.25, 0.3) is 0 Å². The predicted molar refractivity (Wildman–Crippen MR) is 83.3 cm³/mol. The van der Waals surface area contributed by atoms with E-state index in [-0.39, 0.29) is 0 Å². The molecule has 0 unspecified atom stereocenters. The molecule has 0 aliphatic heterocycles. The molecule has 21 heavy (non-hydrogen) atoms. The first-order valence-electron chi connectivity index (χ1n) is 6.84. The third-order valence-corrected chi connectivity index (χ3v) is 3.34. The minimum atomic E-state index is 0.665. The van der Waals surface area contributed by atoms with Gasteiger partial charge < -0.3 is 4.74 Å². The zero-order chi connectivity index (χ0) is 14.5. The third-order valence-electron chi connectivity index (χ3n) is 3.34. The summed E-state index contributed by atoms with van der Waals surface area (Å²) in [5, 5.41) is 0. The summed E-state index contributed by atoms with van der Waals surface area (Å²) in [6, 6.07) is 16.4. The molecule has 0 aliphatic rings. The number of ether oxygens (including phenoxy) is 1. The Morgan fingerprint density at radius 2 is 1.81 bits per heavy atom. The van der Waals surface area contributed by atoms with Gasteiger partial charge in [-0.05, 0) is 23.3 Å². The molecule has 104 valence electrons. The first-order valence-corrected chi connectivity index (χ1v) is 6.84. The van der Waals surface area contributed by atoms with Crippen molar-refractivity contribution in [3.8, 4) is 17.0 Å². The van der Waals surface area contributed by atoms with Gasteiger partial charge in [-0.15, -0.1) is 0 Å². The van der Waals surface area contributed by atoms with E-state index in [9.17, 15) is 0 Å². The van der Waals surface area contributed by atoms with Crippen LogP contribution >= 0.6 is 0 Å². The topological polar surface area (TPSA) is 35.0 Å². The molecular formula is C18H16N2O. The minimum Gasteiger partial charge on any atom is -0.481 e. The summed E-state index contributed by atoms with van der Waals surface area (Å²) < 4.78 is 5.38. The molecule has 1 aromatic carbocycles. The molecular weight excluding hydrogens is 260 g/mol. The van der Waals surface area contributed by atoms with Crippen molar-refractivity contribution < 1.29 is 4.74 Å². The molecule has 0 saturated carbocycles. The molecule has 0 fully saturated rings. The van der Waals surface area contributed by atoms with Crippen molar-refractivity contribution in [2.45, 2.75) is 6.42 Å². The smallest absolute Gasteiger partial charge is 0.216 e. The molecule has 0 radical (unpaired) electrons. The van der Waals surface area contributed by atoms with E-state index in [2.05, 4.69) is 34.2 Å². The maximum atomic E-state index is 5.38. The molecule has 3 rings (SSSR count). The van der Waals surface area contributed by atoms with Crippen molar-refractivity contribution in [2.75, 3.05) is 7.11 Å². The van der Waals surface area contributed by atoms with Crippen molar-refractivity contribution in [3.05, 3.63) is 78.2 Å². The molecule has 3 aromatic rings. The Morgan fingerprint density at radius 3 is 2.52 bits per heavy atom. The van der Waals surface area contributed by atoms with E-state index in [4.69, 9.17) is 4.74 Å². The van der Waals surface area contributed by atoms with Gasteiger partial charge in [-0.25, -0.2) is 4.98 Å². The van der Waals surface area contributed by atoms with Gasteiger partial charge in [0, 0.05) is 36.1 Å². The van der Waals surface area contributed by atoms with Crippen LogP contribution in [0.2, 0.25) is 0 Å². The molecule has 0 bridgehead atoms. The average Bonchev–Trinajstić information content (AvgIpc) is 2.56. The largest absolute Gasteiger partial charge is 0.481 e. The molecule has 0 saturated heterocycles. The van der Waals surface area contributed by atoms with Crippen LogP contribution < -0.4 is 4.74 Å². The van der Waals surface area contributed by atoms with E-state index in [1.165, 1.54) is 0 Å². The Bertz CT molecular complexity index is 712. The molecule has 0 spiro atoms. The quantitative estimate of drug-likeness (QED) is 0.728. The van der Waals surface area contributed by atoms with Gasteiger partial charge in [0.05, 0.1) is 7.11 Å². The highest BCUT2D eigenvalue weighted by atomic mass is 16.5. The highest BCUT2D eigenvalue weighted by Gasteiger charge is 2.08. The van der Waals surface area contributed by atoms with Gasteiger partial charge >= 0.3 is 0 Å². The maximum Gasteiger partial charge on any atom is 0.216 e. The van der Waals surface area contributed by atoms with E-state index in [1.54, 1.807) is 13.3 Å². The molecule has 2 heterocycles. The average molecular weight is 276 g/mol. The molecule has 0 atom stereocenters. The van der Waals surface area contributed by atoms with Crippen LogP contribution in [0, 0.1) is 0 Å². The highest BCUT2D eigenvalue weighted by molar-refractivity contribution is 5.64. The predicted octanol–water partition coefficient (Wildman–Crippen LogP) is 3.74. The monoisotopic (exact) mass is 276 g/mol. The van der Waals surface area contributed by atoms with E-state index in [0.29, 0.717) is 5.88 Å². The molecule has 3 nitrogen and oxygen atoms in total. The van der Waals surface area contributed by atoms with Crippen molar-refractivity contribution in [1.29, 1.82) is 0 Å². The first-order chi connectivity index (χ1) is 10.4. The van der Waals surface area contributed by atoms with Gasteiger partial charge in [-0.1, -0.05) is 36.4 Å². The molecule has 2 aromatic heterocycles. The van der Waals surface area contributed by atoms with Gasteiger partial charge in [0.1, 0.15) is 0 Å². The fourth-order valence-electron chi connectivity index (χ4n) is 2.32. The number of aromatic nitrogens is 2. The number of benzene rings is 1. The summed E-state index contributed by atoms with van der Waals surface area (Å²) in [7, 11) is 1.65. The Hall–Kier alpha value is -2.68. The Kier molecular flexibility index (Phi) is 3.92. The second-order valence-electron chi connectivity index (χ2n) is 4.80. The Morgan fingerprint density at radius 1 is 0.952 bits per heavy atom. The Labute approximate surface area is 124 Å². The number of nitrogens with zero attached hydrogens (tertiary/aromatic N) is 2. The van der Waals surface area contributed by atoms with E-state index in [1.807, 2.05) is 36.7 Å². The van der Waals surface area contributed by atoms with Gasteiger partial charge in [0.2, 0.25) is 5.88 Å². The lowest BCUT2D eigenvalue weighted by molar-refractivity contribution is 0.393. The van der Waals surface area contributed by atoms with Crippen LogP contribution in [-0.2, 0) is 6.42 Å². The van der Waals surface area contributed by atoms with Gasteiger partial charge in [-0.2, -0.15) is 0 Å². The Balaban J connectivity index is 1.98. The molecule has 0 amide bonds. The SMILES string of the molecule is COc1ncc(-c2ccccc2)cc1Cc1cccnc1. The molecule has 3 heteroatoms. The van der Waals surface area contributed by atoms with Crippen LogP contribution in [0.4, 0.5) is 0 Å². The fourth-order valence-corrected chi connectivity index (χ4v) is 2.32. The highest BCUT2D eigenvalue weighted by Crippen LogP contribution is 2.25. The lowest BCUT2D eigenvalue weighted by atomic mass is 10.0. The summed E-state index contributed by atoms with van der Waals surface area (Å²) >= 11 is 0. The minimum absolute atomic E-state index is 0.665. The van der Waals surface area contributed by atoms with Crippen LogP contribution in [0.3, 0.4) is 0 Å². The lowest BCUT2D eigenvalue weighted by Gasteiger charge is -2.10. The van der Waals surface area contributed by atoms with E-state index >= 15 is 0 Å². The van der Waals surface area contributed by atoms with Crippen molar-refractivity contribution in [2.24, 2.45) is 0 Å². The van der Waals surface area contributed by atoms with Crippen molar-refractivity contribution in [3.63, 3.8) is 0 Å². The normalized spacial score (nSPS) is 10.3. The summed E-state index contributed by atoms with van der Waals surface area (Å²) in [4.78, 5) is 8.58. The summed E-state index contributed by atoms with van der Waals surface area (Å²) in [6.45, 7) is 0. The lowest BCUT2D eigenvalue weighted by Crippen LogP contribution is -1.97. The van der Waals surface area contributed by atoms with Gasteiger partial charge in [0.15, 0.2) is 0 Å². The third kappa shape index (κ3) is 3.08. The second-order valence-corrected chi connectivity index (χ2v) is 4.80. The van der Waals surface area contributed by atoms with Crippen LogP contribution in [-0.4, -0.2) is 17.1 Å². The zero-order valence-corrected chi connectivity index (χ0v) is 11.9. The number of rotatable bonds is 4. The standard InChI is InChI=1S/C18H16N2O/c1-21-18-16(10-14-6-5-9-19-12-14)11-17(13-20-18)15-7-3-2-4-8-15/h2-9,11-13H,10H2,1H3. The maximum absolute atomic E-state index is 5.38. The first kappa shape index (κ1) is 13.3. The van der Waals surface area contributed by atoms with E-state index in [0.717, 1.165) is 28.7 Å². The fraction of sp³-hybridized carbons (Fsp3) is 0.111. The van der Waals surface area contributed by atoms with Crippen LogP contribution in [0.25, 0.3) is 11.1 Å². The van der Waals surface area contributed by atoms with Crippen LogP contribution in [0.1, 0.15) is 11.1 Å². The number of pyridine rings is 2. The molecule has 0 N–H and O–H groups in total. The van der Waals surface area contributed by atoms with E-state index < -0.39 is 0 Å². The summed E-state index contributed by atoms with van der Waals surface area (Å²) in [5.74, 6) is 0.665. The van der Waals surface area contributed by atoms with Crippen LogP contribution in [0.15, 0.2) is 67.1 Å². The second kappa shape index (κ2) is 6.18. The number of hydrogen-bond donors (Lipinski definition) is 0. The van der Waals surface area contributed by atoms with Crippen LogP contribution in [0.5, 0.6) is 5.88 Å². The number of hydrogen-bond acceptors (Lipinski definition) is 3. The summed E-state index contributed by atoms with van der Waals surface area (Å²) in [5.41, 5.74) is 4.45. The van der Waals surface area contributed by atoms with Gasteiger partial charge in [-0.3, -0.25) is 4.98 Å². The summed E-state index contributed by atoms with van der Waals surface area (Å²) in [6.07, 6.45) is 6.25. The van der Waals surface area contributed by atoms with Crippen molar-refractivity contribution in [1.82, 2.24) is 9.97 Å². The molecule has 0 aliphatic carbocycles. The zero-order valence-electron chi connectivity index (χ0n) is 11.9. The van der Waals surface area contributed by atoms with Crippen molar-refractivity contribution >= 4 is 0 Å².